The van der Waals surface area contributed by atoms with E-state index in [4.69, 9.17) is 0 Å². The Hall–Kier alpha value is -1.36. The Balaban J connectivity index is 2.82. The zero-order chi connectivity index (χ0) is 10.6. The van der Waals surface area contributed by atoms with Crippen molar-refractivity contribution in [3.63, 3.8) is 0 Å². The first kappa shape index (κ1) is 10.7. The first-order chi connectivity index (χ1) is 6.65. The third-order valence-corrected chi connectivity index (χ3v) is 2.55. The van der Waals surface area contributed by atoms with Crippen molar-refractivity contribution in [2.75, 3.05) is 7.11 Å². The molecule has 0 aromatic carbocycles. The van der Waals surface area contributed by atoms with Gasteiger partial charge in [0.15, 0.2) is 6.04 Å². The predicted molar refractivity (Wildman–Crippen MR) is 52.9 cm³/mol. The first-order valence-corrected chi connectivity index (χ1v) is 4.91. The predicted octanol–water partition coefficient (Wildman–Crippen LogP) is 1.10. The molecular weight excluding hydrogens is 202 g/mol. The van der Waals surface area contributed by atoms with Crippen LogP contribution in [0, 0.1) is 0 Å². The van der Waals surface area contributed by atoms with Gasteiger partial charge in [0.25, 0.3) is 0 Å². The van der Waals surface area contributed by atoms with E-state index in [9.17, 15) is 9.59 Å². The molecule has 0 bridgehead atoms. The molecule has 0 fully saturated rings. The van der Waals surface area contributed by atoms with Gasteiger partial charge in [0, 0.05) is 11.8 Å². The number of methoxy groups -OCH3 is 1. The van der Waals surface area contributed by atoms with Crippen LogP contribution in [0.5, 0.6) is 0 Å². The van der Waals surface area contributed by atoms with Gasteiger partial charge in [-0.1, -0.05) is 6.07 Å². The topological polar surface area (TPSA) is 55.4 Å². The molecule has 0 radical (unpaired) electrons. The van der Waals surface area contributed by atoms with Gasteiger partial charge < -0.3 is 10.1 Å². The average Bonchev–Trinajstić information content (AvgIpc) is 2.65. The molecule has 14 heavy (non-hydrogen) atoms. The Morgan fingerprint density at radius 1 is 1.57 bits per heavy atom. The van der Waals surface area contributed by atoms with Gasteiger partial charge in [-0.15, -0.1) is 11.3 Å². The minimum atomic E-state index is -0.683. The number of hydrogen-bond acceptors (Lipinski definition) is 4. The third kappa shape index (κ3) is 2.56. The zero-order valence-electron chi connectivity index (χ0n) is 7.94. The quantitative estimate of drug-likeness (QED) is 0.765. The summed E-state index contributed by atoms with van der Waals surface area (Å²) in [5.41, 5.74) is 0. The standard InChI is InChI=1S/C9H11NO3S/c1-6(11)10-8(9(12)13-2)7-4-3-5-14-7/h3-5,8H,1-2H3,(H,10,11). The van der Waals surface area contributed by atoms with Crippen molar-refractivity contribution in [3.8, 4) is 0 Å². The molecule has 1 rings (SSSR count). The summed E-state index contributed by atoms with van der Waals surface area (Å²) in [4.78, 5) is 22.9. The molecule has 1 unspecified atom stereocenters. The molecule has 0 spiro atoms. The summed E-state index contributed by atoms with van der Waals surface area (Å²) in [5, 5.41) is 4.37. The number of hydrogen-bond donors (Lipinski definition) is 1. The van der Waals surface area contributed by atoms with Gasteiger partial charge in [-0.3, -0.25) is 4.79 Å². The molecule has 1 heterocycles. The van der Waals surface area contributed by atoms with Crippen molar-refractivity contribution in [1.82, 2.24) is 5.32 Å². The minimum absolute atomic E-state index is 0.256. The highest BCUT2D eigenvalue weighted by Gasteiger charge is 2.22. The smallest absolute Gasteiger partial charge is 0.333 e. The molecule has 0 aliphatic carbocycles. The fourth-order valence-electron chi connectivity index (χ4n) is 1.02. The molecule has 1 N–H and O–H groups in total. The summed E-state index contributed by atoms with van der Waals surface area (Å²) in [7, 11) is 1.30. The van der Waals surface area contributed by atoms with E-state index in [0.29, 0.717) is 0 Å². The molecule has 1 amide bonds. The molecule has 0 saturated heterocycles. The second-order valence-electron chi connectivity index (χ2n) is 2.67. The van der Waals surface area contributed by atoms with Gasteiger partial charge in [0.1, 0.15) is 0 Å². The van der Waals surface area contributed by atoms with Crippen LogP contribution < -0.4 is 5.32 Å². The number of amides is 1. The molecule has 0 aliphatic heterocycles. The average molecular weight is 213 g/mol. The molecule has 1 aromatic heterocycles. The number of nitrogens with one attached hydrogen (secondary N) is 1. The number of carbonyl (C=O) groups excluding carboxylic acids is 2. The Labute approximate surface area is 85.9 Å². The lowest BCUT2D eigenvalue weighted by molar-refractivity contribution is -0.145. The summed E-state index contributed by atoms with van der Waals surface area (Å²) in [6.07, 6.45) is 0. The fraction of sp³-hybridized carbons (Fsp3) is 0.333. The van der Waals surface area contributed by atoms with Crippen LogP contribution in [0.2, 0.25) is 0 Å². The van der Waals surface area contributed by atoms with Gasteiger partial charge in [-0.05, 0) is 11.4 Å². The number of thiophene rings is 1. The maximum absolute atomic E-state index is 11.3. The van der Waals surface area contributed by atoms with Crippen LogP contribution in [0.3, 0.4) is 0 Å². The van der Waals surface area contributed by atoms with E-state index in [1.54, 1.807) is 6.07 Å². The summed E-state index contributed by atoms with van der Waals surface area (Å²) in [6, 6.07) is 2.91. The van der Waals surface area contributed by atoms with Crippen LogP contribution in [0.15, 0.2) is 17.5 Å². The highest BCUT2D eigenvalue weighted by atomic mass is 32.1. The van der Waals surface area contributed by atoms with Gasteiger partial charge in [0.2, 0.25) is 5.91 Å². The molecule has 0 aliphatic rings. The Morgan fingerprint density at radius 2 is 2.29 bits per heavy atom. The second-order valence-corrected chi connectivity index (χ2v) is 3.65. The van der Waals surface area contributed by atoms with Crippen LogP contribution in [0.4, 0.5) is 0 Å². The van der Waals surface area contributed by atoms with E-state index in [2.05, 4.69) is 10.1 Å². The lowest BCUT2D eigenvalue weighted by atomic mass is 10.2. The zero-order valence-corrected chi connectivity index (χ0v) is 8.76. The van der Waals surface area contributed by atoms with Crippen LogP contribution in [0.25, 0.3) is 0 Å². The van der Waals surface area contributed by atoms with E-state index in [0.717, 1.165) is 4.88 Å². The van der Waals surface area contributed by atoms with Gasteiger partial charge in [0.05, 0.1) is 7.11 Å². The summed E-state index contributed by atoms with van der Waals surface area (Å²) in [6.45, 7) is 1.36. The van der Waals surface area contributed by atoms with Crippen LogP contribution >= 0.6 is 11.3 Å². The monoisotopic (exact) mass is 213 g/mol. The molecule has 5 heteroatoms. The second kappa shape index (κ2) is 4.76. The molecule has 1 aromatic rings. The van der Waals surface area contributed by atoms with Gasteiger partial charge >= 0.3 is 5.97 Å². The summed E-state index contributed by atoms with van der Waals surface area (Å²) >= 11 is 1.40. The highest BCUT2D eigenvalue weighted by molar-refractivity contribution is 7.10. The summed E-state index contributed by atoms with van der Waals surface area (Å²) < 4.78 is 4.59. The number of carbonyl (C=O) groups is 2. The normalized spacial score (nSPS) is 11.9. The Kier molecular flexibility index (Phi) is 3.64. The lowest BCUT2D eigenvalue weighted by Gasteiger charge is -2.13. The van der Waals surface area contributed by atoms with E-state index in [1.165, 1.54) is 25.4 Å². The number of rotatable bonds is 3. The molecule has 1 atom stereocenters. The largest absolute Gasteiger partial charge is 0.467 e. The summed E-state index contributed by atoms with van der Waals surface area (Å²) in [5.74, 6) is -0.712. The maximum Gasteiger partial charge on any atom is 0.333 e. The van der Waals surface area contributed by atoms with Crippen molar-refractivity contribution in [1.29, 1.82) is 0 Å². The van der Waals surface area contributed by atoms with Crippen molar-refractivity contribution in [2.45, 2.75) is 13.0 Å². The molecular formula is C9H11NO3S. The first-order valence-electron chi connectivity index (χ1n) is 4.03. The van der Waals surface area contributed by atoms with Gasteiger partial charge in [-0.25, -0.2) is 4.79 Å². The van der Waals surface area contributed by atoms with Crippen LogP contribution in [0.1, 0.15) is 17.8 Å². The van der Waals surface area contributed by atoms with E-state index in [1.807, 2.05) is 11.4 Å². The maximum atomic E-state index is 11.3. The SMILES string of the molecule is COC(=O)C(NC(C)=O)c1cccs1. The van der Waals surface area contributed by atoms with E-state index < -0.39 is 12.0 Å². The molecule has 76 valence electrons. The fourth-order valence-corrected chi connectivity index (χ4v) is 1.79. The van der Waals surface area contributed by atoms with Crippen molar-refractivity contribution >= 4 is 23.2 Å². The molecule has 0 saturated carbocycles. The van der Waals surface area contributed by atoms with Crippen LogP contribution in [-0.2, 0) is 14.3 Å². The number of ether oxygens (including phenoxy) is 1. The lowest BCUT2D eigenvalue weighted by Crippen LogP contribution is -2.32. The van der Waals surface area contributed by atoms with Crippen molar-refractivity contribution in [2.24, 2.45) is 0 Å². The van der Waals surface area contributed by atoms with E-state index >= 15 is 0 Å². The molecule has 4 nitrogen and oxygen atoms in total. The van der Waals surface area contributed by atoms with Crippen molar-refractivity contribution < 1.29 is 14.3 Å². The van der Waals surface area contributed by atoms with Crippen LogP contribution in [-0.4, -0.2) is 19.0 Å². The Bertz CT molecular complexity index is 321. The van der Waals surface area contributed by atoms with Gasteiger partial charge in [-0.2, -0.15) is 0 Å². The highest BCUT2D eigenvalue weighted by Crippen LogP contribution is 2.19. The van der Waals surface area contributed by atoms with E-state index in [-0.39, 0.29) is 5.91 Å². The Morgan fingerprint density at radius 3 is 2.71 bits per heavy atom. The number of esters is 1. The van der Waals surface area contributed by atoms with Crippen molar-refractivity contribution in [3.05, 3.63) is 22.4 Å². The minimum Gasteiger partial charge on any atom is -0.467 e. The third-order valence-electron chi connectivity index (χ3n) is 1.61.